The molecular weight excluding hydrogens is 369 g/mol. The minimum absolute atomic E-state index is 0.0196. The molecule has 1 saturated heterocycles. The third-order valence-electron chi connectivity index (χ3n) is 6.38. The molecule has 0 radical (unpaired) electrons. The fourth-order valence-corrected chi connectivity index (χ4v) is 5.11. The molecule has 6 heteroatoms. The van der Waals surface area contributed by atoms with Crippen molar-refractivity contribution in [3.05, 3.63) is 47.9 Å². The normalized spacial score (nSPS) is 24.7. The molecule has 5 nitrogen and oxygen atoms in total. The van der Waals surface area contributed by atoms with Crippen LogP contribution in [0.5, 0.6) is 5.88 Å². The topological polar surface area (TPSA) is 56.3 Å². The molecular formula is C23H24FN3O2. The first-order chi connectivity index (χ1) is 13.8. The second-order valence-electron chi connectivity index (χ2n) is 8.73. The SMILES string of the molecule is COc1cc(-c2cc3c(cc2F)NC(C)(C)C2OCCC32C)c2cccnc2n1. The summed E-state index contributed by atoms with van der Waals surface area (Å²) in [4.78, 5) is 8.73. The monoisotopic (exact) mass is 393 g/mol. The molecule has 150 valence electrons. The number of pyridine rings is 2. The lowest BCUT2D eigenvalue weighted by molar-refractivity contribution is 0.0352. The zero-order valence-corrected chi connectivity index (χ0v) is 17.0. The molecule has 2 unspecified atom stereocenters. The summed E-state index contributed by atoms with van der Waals surface area (Å²) in [6, 6.07) is 9.10. The zero-order chi connectivity index (χ0) is 20.4. The van der Waals surface area contributed by atoms with Gasteiger partial charge in [0.15, 0.2) is 5.65 Å². The lowest BCUT2D eigenvalue weighted by atomic mass is 9.66. The third kappa shape index (κ3) is 2.62. The number of ether oxygens (including phenoxy) is 2. The number of hydrogen-bond donors (Lipinski definition) is 1. The van der Waals surface area contributed by atoms with Crippen LogP contribution in [0.15, 0.2) is 36.5 Å². The van der Waals surface area contributed by atoms with Crippen LogP contribution < -0.4 is 10.1 Å². The van der Waals surface area contributed by atoms with E-state index in [0.29, 0.717) is 23.7 Å². The number of methoxy groups -OCH3 is 1. The van der Waals surface area contributed by atoms with Gasteiger partial charge in [0.2, 0.25) is 5.88 Å². The Labute approximate surface area is 169 Å². The van der Waals surface area contributed by atoms with E-state index in [1.807, 2.05) is 18.2 Å². The van der Waals surface area contributed by atoms with Gasteiger partial charge in [-0.2, -0.15) is 4.98 Å². The number of fused-ring (bicyclic) bond motifs is 4. The summed E-state index contributed by atoms with van der Waals surface area (Å²) in [5.41, 5.74) is 3.25. The average molecular weight is 393 g/mol. The van der Waals surface area contributed by atoms with Crippen LogP contribution >= 0.6 is 0 Å². The minimum Gasteiger partial charge on any atom is -0.481 e. The highest BCUT2D eigenvalue weighted by molar-refractivity contribution is 5.94. The van der Waals surface area contributed by atoms with E-state index in [2.05, 4.69) is 36.1 Å². The van der Waals surface area contributed by atoms with Crippen LogP contribution in [0, 0.1) is 5.82 Å². The molecule has 4 heterocycles. The largest absolute Gasteiger partial charge is 0.481 e. The Morgan fingerprint density at radius 1 is 1.21 bits per heavy atom. The summed E-state index contributed by atoms with van der Waals surface area (Å²) in [5.74, 6) is 0.127. The van der Waals surface area contributed by atoms with Gasteiger partial charge >= 0.3 is 0 Å². The number of anilines is 1. The molecule has 1 fully saturated rings. The Morgan fingerprint density at radius 2 is 2.03 bits per heavy atom. The molecule has 0 saturated carbocycles. The zero-order valence-electron chi connectivity index (χ0n) is 17.0. The minimum atomic E-state index is -0.286. The van der Waals surface area contributed by atoms with Crippen molar-refractivity contribution in [1.82, 2.24) is 9.97 Å². The van der Waals surface area contributed by atoms with E-state index in [4.69, 9.17) is 9.47 Å². The quantitative estimate of drug-likeness (QED) is 0.684. The molecule has 1 N–H and O–H groups in total. The molecule has 3 aromatic rings. The van der Waals surface area contributed by atoms with Gasteiger partial charge < -0.3 is 14.8 Å². The summed E-state index contributed by atoms with van der Waals surface area (Å²) in [6.07, 6.45) is 2.60. The fraction of sp³-hybridized carbons (Fsp3) is 0.391. The number of halogens is 1. The van der Waals surface area contributed by atoms with Gasteiger partial charge in [-0.1, -0.05) is 6.92 Å². The Hall–Kier alpha value is -2.73. The predicted molar refractivity (Wildman–Crippen MR) is 111 cm³/mol. The number of hydrogen-bond acceptors (Lipinski definition) is 5. The second-order valence-corrected chi connectivity index (χ2v) is 8.73. The van der Waals surface area contributed by atoms with E-state index >= 15 is 4.39 Å². The van der Waals surface area contributed by atoms with E-state index in [1.165, 1.54) is 0 Å². The number of rotatable bonds is 2. The molecule has 5 rings (SSSR count). The summed E-state index contributed by atoms with van der Waals surface area (Å²) < 4.78 is 26.9. The molecule has 0 bridgehead atoms. The predicted octanol–water partition coefficient (Wildman–Crippen LogP) is 4.70. The van der Waals surface area contributed by atoms with Crippen molar-refractivity contribution in [3.8, 4) is 17.0 Å². The maximum Gasteiger partial charge on any atom is 0.215 e. The molecule has 0 aliphatic carbocycles. The standard InChI is InChI=1S/C23H24FN3O2/c1-22(2)21-23(3,7-9-29-21)16-10-15(17(24)12-18(16)27-22)14-11-19(28-4)26-20-13(14)6-5-8-25-20/h5-6,8,10-12,21,27H,7,9H2,1-4H3. The Bertz CT molecular complexity index is 1130. The van der Waals surface area contributed by atoms with Crippen molar-refractivity contribution in [2.24, 2.45) is 0 Å². The summed E-state index contributed by atoms with van der Waals surface area (Å²) in [7, 11) is 1.55. The number of nitrogens with zero attached hydrogens (tertiary/aromatic N) is 2. The first kappa shape index (κ1) is 18.3. The summed E-state index contributed by atoms with van der Waals surface area (Å²) in [6.45, 7) is 7.15. The second kappa shape index (κ2) is 6.13. The molecule has 0 spiro atoms. The van der Waals surface area contributed by atoms with Gasteiger partial charge in [-0.3, -0.25) is 0 Å². The number of aromatic nitrogens is 2. The van der Waals surface area contributed by atoms with Crippen molar-refractivity contribution in [3.63, 3.8) is 0 Å². The molecule has 29 heavy (non-hydrogen) atoms. The van der Waals surface area contributed by atoms with E-state index in [9.17, 15) is 0 Å². The van der Waals surface area contributed by atoms with Crippen molar-refractivity contribution < 1.29 is 13.9 Å². The van der Waals surface area contributed by atoms with Crippen molar-refractivity contribution in [2.75, 3.05) is 19.0 Å². The maximum absolute atomic E-state index is 15.4. The van der Waals surface area contributed by atoms with Crippen LogP contribution in [0.25, 0.3) is 22.2 Å². The average Bonchev–Trinajstić information content (AvgIpc) is 3.10. The molecule has 2 aliphatic rings. The highest BCUT2D eigenvalue weighted by Crippen LogP contribution is 2.51. The lowest BCUT2D eigenvalue weighted by Crippen LogP contribution is -2.56. The van der Waals surface area contributed by atoms with Gasteiger partial charge in [0.05, 0.1) is 18.8 Å². The van der Waals surface area contributed by atoms with Gasteiger partial charge in [-0.05, 0) is 50.1 Å². The molecule has 2 aliphatic heterocycles. The van der Waals surface area contributed by atoms with Crippen LogP contribution in [0.2, 0.25) is 0 Å². The van der Waals surface area contributed by atoms with Crippen LogP contribution in [-0.4, -0.2) is 35.3 Å². The van der Waals surface area contributed by atoms with Gasteiger partial charge in [0.1, 0.15) is 5.82 Å². The molecule has 1 aromatic carbocycles. The van der Waals surface area contributed by atoms with Crippen LogP contribution in [0.3, 0.4) is 0 Å². The molecule has 2 atom stereocenters. The molecule has 0 amide bonds. The van der Waals surface area contributed by atoms with Gasteiger partial charge in [0.25, 0.3) is 0 Å². The van der Waals surface area contributed by atoms with Gasteiger partial charge in [-0.15, -0.1) is 0 Å². The van der Waals surface area contributed by atoms with Crippen LogP contribution in [0.1, 0.15) is 32.8 Å². The van der Waals surface area contributed by atoms with Crippen LogP contribution in [0.4, 0.5) is 10.1 Å². The number of benzene rings is 1. The van der Waals surface area contributed by atoms with E-state index in [-0.39, 0.29) is 22.9 Å². The van der Waals surface area contributed by atoms with E-state index in [0.717, 1.165) is 28.6 Å². The van der Waals surface area contributed by atoms with Crippen molar-refractivity contribution in [1.29, 1.82) is 0 Å². The summed E-state index contributed by atoms with van der Waals surface area (Å²) >= 11 is 0. The fourth-order valence-electron chi connectivity index (χ4n) is 5.11. The molecule has 2 aromatic heterocycles. The smallest absolute Gasteiger partial charge is 0.215 e. The highest BCUT2D eigenvalue weighted by Gasteiger charge is 2.53. The van der Waals surface area contributed by atoms with Crippen molar-refractivity contribution >= 4 is 16.7 Å². The maximum atomic E-state index is 15.4. The van der Waals surface area contributed by atoms with E-state index in [1.54, 1.807) is 25.4 Å². The highest BCUT2D eigenvalue weighted by atomic mass is 19.1. The summed E-state index contributed by atoms with van der Waals surface area (Å²) in [5, 5.41) is 4.29. The third-order valence-corrected chi connectivity index (χ3v) is 6.38. The van der Waals surface area contributed by atoms with E-state index < -0.39 is 0 Å². The first-order valence-corrected chi connectivity index (χ1v) is 9.87. The van der Waals surface area contributed by atoms with Crippen LogP contribution in [-0.2, 0) is 10.2 Å². The number of nitrogens with one attached hydrogen (secondary N) is 1. The Morgan fingerprint density at radius 3 is 2.83 bits per heavy atom. The van der Waals surface area contributed by atoms with Gasteiger partial charge in [-0.25, -0.2) is 9.37 Å². The Kier molecular flexibility index (Phi) is 3.87. The van der Waals surface area contributed by atoms with Gasteiger partial charge in [0, 0.05) is 46.5 Å². The Balaban J connectivity index is 1.77. The lowest BCUT2D eigenvalue weighted by Gasteiger charge is -2.48. The van der Waals surface area contributed by atoms with Crippen molar-refractivity contribution in [2.45, 2.75) is 44.2 Å². The first-order valence-electron chi connectivity index (χ1n) is 9.87.